The highest BCUT2D eigenvalue weighted by molar-refractivity contribution is 5.44. The molecule has 1 atom stereocenters. The van der Waals surface area contributed by atoms with Crippen molar-refractivity contribution in [1.82, 2.24) is 0 Å². The van der Waals surface area contributed by atoms with Crippen LogP contribution < -0.4 is 5.32 Å². The molecule has 1 aromatic carbocycles. The topological polar surface area (TPSA) is 12.0 Å². The highest BCUT2D eigenvalue weighted by atomic mass is 14.9. The van der Waals surface area contributed by atoms with Crippen molar-refractivity contribution in [3.8, 4) is 0 Å². The lowest BCUT2D eigenvalue weighted by Gasteiger charge is -2.21. The van der Waals surface area contributed by atoms with Crippen LogP contribution in [0.1, 0.15) is 26.2 Å². The number of anilines is 1. The van der Waals surface area contributed by atoms with Gasteiger partial charge in [-0.25, -0.2) is 0 Å². The van der Waals surface area contributed by atoms with Crippen molar-refractivity contribution in [2.75, 3.05) is 5.32 Å². The van der Waals surface area contributed by atoms with Crippen molar-refractivity contribution in [3.63, 3.8) is 0 Å². The van der Waals surface area contributed by atoms with E-state index in [4.69, 9.17) is 0 Å². The normalized spacial score (nSPS) is 21.5. The SMILES string of the molecule is CC1=CC(Nc2ccccc2)CCC1. The largest absolute Gasteiger partial charge is 0.379 e. The lowest BCUT2D eigenvalue weighted by Crippen LogP contribution is -2.19. The molecule has 74 valence electrons. The minimum absolute atomic E-state index is 0.533. The van der Waals surface area contributed by atoms with Crippen LogP contribution in [0.15, 0.2) is 42.0 Å². The van der Waals surface area contributed by atoms with Gasteiger partial charge in [-0.1, -0.05) is 29.8 Å². The molecule has 1 N–H and O–H groups in total. The molecule has 1 nitrogen and oxygen atoms in total. The third kappa shape index (κ3) is 2.38. The number of rotatable bonds is 2. The van der Waals surface area contributed by atoms with Gasteiger partial charge < -0.3 is 5.32 Å². The molecule has 0 fully saturated rings. The molecule has 0 saturated heterocycles. The fourth-order valence-electron chi connectivity index (χ4n) is 1.97. The maximum atomic E-state index is 3.53. The third-order valence-corrected chi connectivity index (χ3v) is 2.70. The van der Waals surface area contributed by atoms with Crippen molar-refractivity contribution >= 4 is 5.69 Å². The molecule has 0 bridgehead atoms. The molecule has 1 aromatic rings. The number of hydrogen-bond donors (Lipinski definition) is 1. The first-order valence-corrected chi connectivity index (χ1v) is 5.33. The summed E-state index contributed by atoms with van der Waals surface area (Å²) in [5, 5.41) is 3.53. The van der Waals surface area contributed by atoms with E-state index in [0.29, 0.717) is 6.04 Å². The first-order valence-electron chi connectivity index (χ1n) is 5.33. The predicted octanol–water partition coefficient (Wildman–Crippen LogP) is 3.60. The molecule has 1 unspecified atom stereocenters. The van der Waals surface area contributed by atoms with Crippen LogP contribution in [0.25, 0.3) is 0 Å². The summed E-state index contributed by atoms with van der Waals surface area (Å²) in [5.74, 6) is 0. The Labute approximate surface area is 85.8 Å². The van der Waals surface area contributed by atoms with Gasteiger partial charge in [0.2, 0.25) is 0 Å². The summed E-state index contributed by atoms with van der Waals surface area (Å²) in [4.78, 5) is 0. The van der Waals surface area contributed by atoms with E-state index in [-0.39, 0.29) is 0 Å². The quantitative estimate of drug-likeness (QED) is 0.697. The zero-order valence-electron chi connectivity index (χ0n) is 8.66. The Kier molecular flexibility index (Phi) is 2.87. The molecule has 1 aliphatic carbocycles. The summed E-state index contributed by atoms with van der Waals surface area (Å²) in [7, 11) is 0. The standard InChI is InChI=1S/C13H17N/c1-11-6-5-9-13(10-11)14-12-7-3-2-4-8-12/h2-4,7-8,10,13-14H,5-6,9H2,1H3. The molecule has 0 aromatic heterocycles. The van der Waals surface area contributed by atoms with E-state index in [1.54, 1.807) is 0 Å². The first-order chi connectivity index (χ1) is 6.84. The summed E-state index contributed by atoms with van der Waals surface area (Å²) in [6.45, 7) is 2.22. The molecule has 1 heteroatoms. The van der Waals surface area contributed by atoms with Gasteiger partial charge in [0, 0.05) is 11.7 Å². The summed E-state index contributed by atoms with van der Waals surface area (Å²) >= 11 is 0. The van der Waals surface area contributed by atoms with Crippen LogP contribution in [-0.2, 0) is 0 Å². The monoisotopic (exact) mass is 187 g/mol. The van der Waals surface area contributed by atoms with Gasteiger partial charge in [0.15, 0.2) is 0 Å². The third-order valence-electron chi connectivity index (χ3n) is 2.70. The van der Waals surface area contributed by atoms with Gasteiger partial charge in [-0.15, -0.1) is 0 Å². The van der Waals surface area contributed by atoms with E-state index in [1.165, 1.54) is 30.5 Å². The number of para-hydroxylation sites is 1. The molecule has 0 amide bonds. The van der Waals surface area contributed by atoms with Gasteiger partial charge in [-0.3, -0.25) is 0 Å². The van der Waals surface area contributed by atoms with Crippen LogP contribution in [0.3, 0.4) is 0 Å². The van der Waals surface area contributed by atoms with Gasteiger partial charge in [0.25, 0.3) is 0 Å². The van der Waals surface area contributed by atoms with Crippen molar-refractivity contribution in [2.45, 2.75) is 32.2 Å². The molecule has 0 spiro atoms. The van der Waals surface area contributed by atoms with Crippen LogP contribution in [0.5, 0.6) is 0 Å². The van der Waals surface area contributed by atoms with Crippen LogP contribution in [0.2, 0.25) is 0 Å². The lowest BCUT2D eigenvalue weighted by atomic mass is 9.97. The summed E-state index contributed by atoms with van der Waals surface area (Å²) in [6.07, 6.45) is 6.20. The molecule has 0 radical (unpaired) electrons. The van der Waals surface area contributed by atoms with E-state index in [2.05, 4.69) is 42.6 Å². The maximum Gasteiger partial charge on any atom is 0.0447 e. The molecule has 0 aliphatic heterocycles. The Hall–Kier alpha value is -1.24. The molecule has 0 heterocycles. The van der Waals surface area contributed by atoms with Gasteiger partial charge in [0.05, 0.1) is 0 Å². The zero-order chi connectivity index (χ0) is 9.80. The highest BCUT2D eigenvalue weighted by Crippen LogP contribution is 2.20. The van der Waals surface area contributed by atoms with E-state index >= 15 is 0 Å². The summed E-state index contributed by atoms with van der Waals surface area (Å²) in [5.41, 5.74) is 2.74. The molecule has 2 rings (SSSR count). The first kappa shape index (κ1) is 9.32. The lowest BCUT2D eigenvalue weighted by molar-refractivity contribution is 0.651. The number of nitrogens with one attached hydrogen (secondary N) is 1. The Bertz CT molecular complexity index is 313. The van der Waals surface area contributed by atoms with Gasteiger partial charge in [-0.05, 0) is 38.3 Å². The summed E-state index contributed by atoms with van der Waals surface area (Å²) in [6, 6.07) is 11.0. The second-order valence-corrected chi connectivity index (χ2v) is 4.02. The predicted molar refractivity (Wildman–Crippen MR) is 61.5 cm³/mol. The van der Waals surface area contributed by atoms with E-state index in [9.17, 15) is 0 Å². The summed E-state index contributed by atoms with van der Waals surface area (Å²) < 4.78 is 0. The Balaban J connectivity index is 2.01. The van der Waals surface area contributed by atoms with Crippen molar-refractivity contribution < 1.29 is 0 Å². The molecular weight excluding hydrogens is 170 g/mol. The molecular formula is C13H17N. The second kappa shape index (κ2) is 4.32. The number of allylic oxidation sites excluding steroid dienone is 1. The smallest absolute Gasteiger partial charge is 0.0447 e. The van der Waals surface area contributed by atoms with Crippen LogP contribution >= 0.6 is 0 Å². The molecule has 14 heavy (non-hydrogen) atoms. The fourth-order valence-corrected chi connectivity index (χ4v) is 1.97. The van der Waals surface area contributed by atoms with Crippen molar-refractivity contribution in [3.05, 3.63) is 42.0 Å². The zero-order valence-corrected chi connectivity index (χ0v) is 8.66. The number of benzene rings is 1. The van der Waals surface area contributed by atoms with E-state index < -0.39 is 0 Å². The Morgan fingerprint density at radius 3 is 2.71 bits per heavy atom. The Morgan fingerprint density at radius 1 is 1.21 bits per heavy atom. The second-order valence-electron chi connectivity index (χ2n) is 4.02. The van der Waals surface area contributed by atoms with Crippen LogP contribution in [0.4, 0.5) is 5.69 Å². The van der Waals surface area contributed by atoms with Gasteiger partial charge >= 0.3 is 0 Å². The fraction of sp³-hybridized carbons (Fsp3) is 0.385. The molecule has 0 saturated carbocycles. The van der Waals surface area contributed by atoms with Crippen LogP contribution in [0, 0.1) is 0 Å². The molecule has 1 aliphatic rings. The minimum Gasteiger partial charge on any atom is -0.379 e. The minimum atomic E-state index is 0.533. The maximum absolute atomic E-state index is 3.53. The average Bonchev–Trinajstić information content (AvgIpc) is 2.19. The van der Waals surface area contributed by atoms with Gasteiger partial charge in [0.1, 0.15) is 0 Å². The van der Waals surface area contributed by atoms with Gasteiger partial charge in [-0.2, -0.15) is 0 Å². The van der Waals surface area contributed by atoms with E-state index in [1.807, 2.05) is 6.07 Å². The average molecular weight is 187 g/mol. The van der Waals surface area contributed by atoms with Crippen molar-refractivity contribution in [1.29, 1.82) is 0 Å². The van der Waals surface area contributed by atoms with Crippen molar-refractivity contribution in [2.24, 2.45) is 0 Å². The Morgan fingerprint density at radius 2 is 2.00 bits per heavy atom. The number of hydrogen-bond acceptors (Lipinski definition) is 1. The van der Waals surface area contributed by atoms with Crippen LogP contribution in [-0.4, -0.2) is 6.04 Å². The van der Waals surface area contributed by atoms with E-state index in [0.717, 1.165) is 0 Å². The highest BCUT2D eigenvalue weighted by Gasteiger charge is 2.10.